The highest BCUT2D eigenvalue weighted by Crippen LogP contribution is 2.29. The van der Waals surface area contributed by atoms with Crippen LogP contribution in [-0.2, 0) is 11.0 Å². The lowest BCUT2D eigenvalue weighted by Gasteiger charge is -1.98. The normalized spacial score (nSPS) is 10.9. The number of hydrogen-bond donors (Lipinski definition) is 0. The van der Waals surface area contributed by atoms with E-state index in [1.807, 2.05) is 0 Å². The van der Waals surface area contributed by atoms with E-state index in [9.17, 15) is 18.0 Å². The first-order chi connectivity index (χ1) is 5.54. The van der Waals surface area contributed by atoms with Crippen molar-refractivity contribution in [3.8, 4) is 0 Å². The molecule has 1 aromatic heterocycles. The van der Waals surface area contributed by atoms with Crippen LogP contribution in [0.2, 0.25) is 0 Å². The van der Waals surface area contributed by atoms with Crippen molar-refractivity contribution in [1.29, 1.82) is 0 Å². The monoisotopic (exact) mass is 193 g/mol. The average molecular weight is 193 g/mol. The predicted molar refractivity (Wildman–Crippen MR) is 37.3 cm³/mol. The van der Waals surface area contributed by atoms with Crippen LogP contribution in [0.4, 0.5) is 13.2 Å². The van der Waals surface area contributed by atoms with Gasteiger partial charge in [0.15, 0.2) is 5.69 Å². The molecular formula is C6H2F3NOS. The molecule has 0 aromatic carbocycles. The second-order valence-electron chi connectivity index (χ2n) is 1.83. The Bertz CT molecular complexity index is 324. The number of hydrogen-bond acceptors (Lipinski definition) is 3. The summed E-state index contributed by atoms with van der Waals surface area (Å²) in [4.78, 5) is 12.9. The summed E-state index contributed by atoms with van der Waals surface area (Å²) < 4.78 is 35.6. The second kappa shape index (κ2) is 3.08. The first kappa shape index (κ1) is 8.96. The van der Waals surface area contributed by atoms with Gasteiger partial charge in [0.2, 0.25) is 0 Å². The van der Waals surface area contributed by atoms with Crippen LogP contribution in [-0.4, -0.2) is 10.9 Å². The van der Waals surface area contributed by atoms with Gasteiger partial charge in [-0.25, -0.2) is 9.78 Å². The van der Waals surface area contributed by atoms with Crippen LogP contribution >= 0.6 is 11.3 Å². The lowest BCUT2D eigenvalue weighted by atomic mass is 10.5. The van der Waals surface area contributed by atoms with Crippen LogP contribution in [0.25, 0.3) is 6.08 Å². The summed E-state index contributed by atoms with van der Waals surface area (Å²) in [6.45, 7) is 0. The van der Waals surface area contributed by atoms with Crippen molar-refractivity contribution < 1.29 is 18.0 Å². The Balaban J connectivity index is 2.99. The van der Waals surface area contributed by atoms with Gasteiger partial charge in [0, 0.05) is 5.38 Å². The van der Waals surface area contributed by atoms with Gasteiger partial charge in [-0.15, -0.1) is 11.3 Å². The van der Waals surface area contributed by atoms with Gasteiger partial charge in [0.25, 0.3) is 0 Å². The number of alkyl halides is 3. The minimum absolute atomic E-state index is 0.0114. The Kier molecular flexibility index (Phi) is 2.30. The smallest absolute Gasteiger partial charge is 0.233 e. The molecule has 64 valence electrons. The maximum absolute atomic E-state index is 11.9. The number of halogens is 3. The zero-order chi connectivity index (χ0) is 9.19. The van der Waals surface area contributed by atoms with Crippen LogP contribution in [0.3, 0.4) is 0 Å². The van der Waals surface area contributed by atoms with Crippen LogP contribution in [0, 0.1) is 0 Å². The van der Waals surface area contributed by atoms with Gasteiger partial charge >= 0.3 is 6.18 Å². The molecule has 12 heavy (non-hydrogen) atoms. The fraction of sp³-hybridized carbons (Fsp3) is 0.167. The topological polar surface area (TPSA) is 30.0 Å². The first-order valence-corrected chi connectivity index (χ1v) is 3.65. The highest BCUT2D eigenvalue weighted by atomic mass is 32.1. The van der Waals surface area contributed by atoms with Crippen molar-refractivity contribution in [3.05, 3.63) is 16.1 Å². The van der Waals surface area contributed by atoms with E-state index in [1.165, 1.54) is 5.94 Å². The minimum Gasteiger partial charge on any atom is -0.233 e. The van der Waals surface area contributed by atoms with E-state index < -0.39 is 11.9 Å². The molecule has 0 amide bonds. The van der Waals surface area contributed by atoms with Crippen molar-refractivity contribution in [2.75, 3.05) is 0 Å². The van der Waals surface area contributed by atoms with Crippen molar-refractivity contribution in [3.63, 3.8) is 0 Å². The first-order valence-electron chi connectivity index (χ1n) is 2.77. The lowest BCUT2D eigenvalue weighted by Crippen LogP contribution is -2.04. The Labute approximate surface area is 69.4 Å². The molecule has 1 rings (SSSR count). The SMILES string of the molecule is O=C=Cc1nc(C(F)(F)F)cs1. The standard InChI is InChI=1S/C6H2F3NOS/c7-6(8,9)4-3-12-5(10-4)1-2-11/h1,3H. The second-order valence-corrected chi connectivity index (χ2v) is 2.72. The predicted octanol–water partition coefficient (Wildman–Crippen LogP) is 2.01. The molecule has 1 aromatic rings. The number of carbonyl (C=O) groups excluding carboxylic acids is 1. The molecule has 0 aliphatic heterocycles. The fourth-order valence-electron chi connectivity index (χ4n) is 0.535. The molecule has 0 aliphatic rings. The third-order valence-corrected chi connectivity index (χ3v) is 1.79. The van der Waals surface area contributed by atoms with Gasteiger partial charge in [-0.05, 0) is 0 Å². The van der Waals surface area contributed by atoms with E-state index in [0.717, 1.165) is 22.8 Å². The molecule has 2 nitrogen and oxygen atoms in total. The average Bonchev–Trinajstić information content (AvgIpc) is 2.35. The molecule has 0 atom stereocenters. The third-order valence-electron chi connectivity index (χ3n) is 0.995. The Hall–Kier alpha value is -1.13. The van der Waals surface area contributed by atoms with E-state index >= 15 is 0 Å². The van der Waals surface area contributed by atoms with Crippen LogP contribution < -0.4 is 0 Å². The molecule has 0 bridgehead atoms. The number of aromatic nitrogens is 1. The summed E-state index contributed by atoms with van der Waals surface area (Å²) in [5, 5.41) is 0.862. The summed E-state index contributed by atoms with van der Waals surface area (Å²) in [5.74, 6) is 1.35. The summed E-state index contributed by atoms with van der Waals surface area (Å²) >= 11 is 0.752. The summed E-state index contributed by atoms with van der Waals surface area (Å²) in [7, 11) is 0. The fourth-order valence-corrected chi connectivity index (χ4v) is 1.22. The van der Waals surface area contributed by atoms with Crippen LogP contribution in [0.1, 0.15) is 10.7 Å². The van der Waals surface area contributed by atoms with Gasteiger partial charge in [0.1, 0.15) is 10.9 Å². The van der Waals surface area contributed by atoms with Crippen LogP contribution in [0.15, 0.2) is 5.38 Å². The van der Waals surface area contributed by atoms with E-state index in [0.29, 0.717) is 0 Å². The largest absolute Gasteiger partial charge is 0.434 e. The van der Waals surface area contributed by atoms with E-state index in [1.54, 1.807) is 0 Å². The van der Waals surface area contributed by atoms with E-state index in [2.05, 4.69) is 4.98 Å². The summed E-state index contributed by atoms with van der Waals surface area (Å²) in [6, 6.07) is 0. The number of nitrogens with zero attached hydrogens (tertiary/aromatic N) is 1. The third kappa shape index (κ3) is 1.93. The molecule has 0 N–H and O–H groups in total. The van der Waals surface area contributed by atoms with Gasteiger partial charge in [0.05, 0.1) is 6.08 Å². The molecule has 6 heteroatoms. The van der Waals surface area contributed by atoms with Gasteiger partial charge in [-0.3, -0.25) is 0 Å². The molecule has 0 radical (unpaired) electrons. The summed E-state index contributed by atoms with van der Waals surface area (Å²) in [5.41, 5.74) is -0.978. The zero-order valence-corrected chi connectivity index (χ0v) is 6.37. The minimum atomic E-state index is -4.44. The maximum atomic E-state index is 11.9. The highest BCUT2D eigenvalue weighted by Gasteiger charge is 2.33. The maximum Gasteiger partial charge on any atom is 0.434 e. The Morgan fingerprint density at radius 2 is 2.25 bits per heavy atom. The van der Waals surface area contributed by atoms with Crippen molar-refractivity contribution >= 4 is 23.4 Å². The Morgan fingerprint density at radius 1 is 1.58 bits per heavy atom. The van der Waals surface area contributed by atoms with Crippen molar-refractivity contribution in [1.82, 2.24) is 4.98 Å². The molecule has 0 saturated carbocycles. The lowest BCUT2D eigenvalue weighted by molar-refractivity contribution is -0.140. The van der Waals surface area contributed by atoms with Gasteiger partial charge in [-0.2, -0.15) is 13.2 Å². The summed E-state index contributed by atoms with van der Waals surface area (Å²) in [6.07, 6.45) is -3.58. The molecule has 0 saturated heterocycles. The zero-order valence-electron chi connectivity index (χ0n) is 5.55. The Morgan fingerprint density at radius 3 is 2.67 bits per heavy atom. The molecular weight excluding hydrogens is 191 g/mol. The van der Waals surface area contributed by atoms with Crippen LogP contribution in [0.5, 0.6) is 0 Å². The van der Waals surface area contributed by atoms with E-state index in [-0.39, 0.29) is 5.01 Å². The molecule has 0 aliphatic carbocycles. The number of rotatable bonds is 1. The number of thiazole rings is 1. The van der Waals surface area contributed by atoms with Crippen molar-refractivity contribution in [2.24, 2.45) is 0 Å². The van der Waals surface area contributed by atoms with Crippen molar-refractivity contribution in [2.45, 2.75) is 6.18 Å². The molecule has 0 spiro atoms. The van der Waals surface area contributed by atoms with Gasteiger partial charge < -0.3 is 0 Å². The molecule has 1 heterocycles. The highest BCUT2D eigenvalue weighted by molar-refractivity contribution is 7.10. The van der Waals surface area contributed by atoms with Gasteiger partial charge in [-0.1, -0.05) is 0 Å². The van der Waals surface area contributed by atoms with E-state index in [4.69, 9.17) is 0 Å². The quantitative estimate of drug-likeness (QED) is 0.638. The molecule has 0 unspecified atom stereocenters. The molecule has 0 fully saturated rings.